The maximum atomic E-state index is 13.2. The van der Waals surface area contributed by atoms with Gasteiger partial charge in [0, 0.05) is 29.2 Å². The first-order chi connectivity index (χ1) is 16.3. The lowest BCUT2D eigenvalue weighted by molar-refractivity contribution is -0.223. The molecule has 4 N–H and O–H groups in total. The summed E-state index contributed by atoms with van der Waals surface area (Å²) in [5, 5.41) is 14.2. The van der Waals surface area contributed by atoms with Crippen LogP contribution in [0.5, 0.6) is 0 Å². The smallest absolute Gasteiger partial charge is 0.335 e. The minimum atomic E-state index is -1.03. The van der Waals surface area contributed by atoms with Crippen molar-refractivity contribution in [2.75, 3.05) is 18.4 Å². The van der Waals surface area contributed by atoms with Crippen molar-refractivity contribution in [3.63, 3.8) is 0 Å². The fourth-order valence-electron chi connectivity index (χ4n) is 4.90. The van der Waals surface area contributed by atoms with Crippen LogP contribution in [0.4, 0.5) is 5.69 Å². The number of halogens is 1. The quantitative estimate of drug-likeness (QED) is 0.547. The number of aromatic carboxylic acids is 1. The van der Waals surface area contributed by atoms with Crippen molar-refractivity contribution >= 4 is 35.1 Å². The Morgan fingerprint density at radius 2 is 1.91 bits per heavy atom. The van der Waals surface area contributed by atoms with Crippen molar-refractivity contribution in [3.05, 3.63) is 64.7 Å². The van der Waals surface area contributed by atoms with Gasteiger partial charge in [0.1, 0.15) is 0 Å². The molecule has 1 unspecified atom stereocenters. The highest BCUT2D eigenvalue weighted by atomic mass is 35.5. The van der Waals surface area contributed by atoms with Crippen LogP contribution in [0.2, 0.25) is 5.02 Å². The number of amides is 1. The van der Waals surface area contributed by atoms with Gasteiger partial charge in [0.15, 0.2) is 0 Å². The highest BCUT2D eigenvalue weighted by Crippen LogP contribution is 2.41. The Kier molecular flexibility index (Phi) is 7.09. The van der Waals surface area contributed by atoms with Crippen molar-refractivity contribution in [2.45, 2.75) is 43.6 Å². The van der Waals surface area contributed by atoms with Gasteiger partial charge in [-0.05, 0) is 61.6 Å². The number of hydroxylamine groups is 2. The molecule has 1 amide bonds. The van der Waals surface area contributed by atoms with Gasteiger partial charge in [0.2, 0.25) is 0 Å². The highest BCUT2D eigenvalue weighted by Gasteiger charge is 2.43. The van der Waals surface area contributed by atoms with E-state index in [1.165, 1.54) is 17.2 Å². The Bertz CT molecular complexity index is 1080. The number of carbonyl (C=O) groups is 3. The lowest BCUT2D eigenvalue weighted by atomic mass is 9.68. The number of carboxylic acids is 1. The van der Waals surface area contributed by atoms with Crippen LogP contribution in [0.15, 0.2) is 48.5 Å². The van der Waals surface area contributed by atoms with E-state index in [4.69, 9.17) is 27.3 Å². The zero-order valence-corrected chi connectivity index (χ0v) is 19.5. The Morgan fingerprint density at radius 1 is 1.18 bits per heavy atom. The third-order valence-corrected chi connectivity index (χ3v) is 7.15. The third-order valence-electron chi connectivity index (χ3n) is 6.91. The molecule has 1 saturated heterocycles. The summed E-state index contributed by atoms with van der Waals surface area (Å²) in [5.41, 5.74) is 7.77. The standard InChI is InChI=1S/C25H28ClN3O5/c26-19-5-2-4-18(13-19)25(15-27)9-7-21(8-10-25)29-23(31)17(12-22(30)34-29)14-28-20-6-1-3-16(11-20)24(32)33/h1-6,11,13,17,21,28H,7-10,12,14-15,27H2,(H,32,33). The molecule has 8 nitrogen and oxygen atoms in total. The van der Waals surface area contributed by atoms with Gasteiger partial charge in [-0.3, -0.25) is 4.79 Å². The molecule has 0 radical (unpaired) electrons. The second-order valence-corrected chi connectivity index (χ2v) is 9.46. The van der Waals surface area contributed by atoms with E-state index in [0.29, 0.717) is 30.1 Å². The molecule has 2 fully saturated rings. The molecular formula is C25H28ClN3O5. The Balaban J connectivity index is 1.41. The summed E-state index contributed by atoms with van der Waals surface area (Å²) in [6, 6.07) is 13.9. The number of carbonyl (C=O) groups excluding carboxylic acids is 2. The fraction of sp³-hybridized carbons (Fsp3) is 0.400. The first kappa shape index (κ1) is 24.0. The molecule has 0 bridgehead atoms. The van der Waals surface area contributed by atoms with E-state index in [1.54, 1.807) is 12.1 Å². The van der Waals surface area contributed by atoms with Crippen molar-refractivity contribution in [3.8, 4) is 0 Å². The van der Waals surface area contributed by atoms with Crippen LogP contribution in [0.25, 0.3) is 0 Å². The minimum Gasteiger partial charge on any atom is -0.478 e. The van der Waals surface area contributed by atoms with Gasteiger partial charge in [0.25, 0.3) is 5.91 Å². The van der Waals surface area contributed by atoms with Crippen molar-refractivity contribution in [2.24, 2.45) is 11.7 Å². The average molecular weight is 486 g/mol. The van der Waals surface area contributed by atoms with Crippen LogP contribution in [-0.2, 0) is 19.8 Å². The highest BCUT2D eigenvalue weighted by molar-refractivity contribution is 6.30. The fourth-order valence-corrected chi connectivity index (χ4v) is 5.09. The van der Waals surface area contributed by atoms with Crippen LogP contribution in [0, 0.1) is 5.92 Å². The van der Waals surface area contributed by atoms with Gasteiger partial charge in [-0.25, -0.2) is 9.59 Å². The first-order valence-electron chi connectivity index (χ1n) is 11.4. The number of nitrogens with one attached hydrogen (secondary N) is 1. The van der Waals surface area contributed by atoms with Gasteiger partial charge in [0.05, 0.1) is 23.9 Å². The van der Waals surface area contributed by atoms with Crippen LogP contribution >= 0.6 is 11.6 Å². The summed E-state index contributed by atoms with van der Waals surface area (Å²) in [6.07, 6.45) is 2.79. The summed E-state index contributed by atoms with van der Waals surface area (Å²) in [5.74, 6) is -2.31. The Morgan fingerprint density at radius 3 is 2.59 bits per heavy atom. The van der Waals surface area contributed by atoms with E-state index in [9.17, 15) is 14.4 Å². The number of hydrogen-bond acceptors (Lipinski definition) is 6. The normalized spacial score (nSPS) is 25.1. The molecular weight excluding hydrogens is 458 g/mol. The van der Waals surface area contributed by atoms with Gasteiger partial charge in [-0.1, -0.05) is 29.8 Å². The Labute approximate surface area is 203 Å². The monoisotopic (exact) mass is 485 g/mol. The van der Waals surface area contributed by atoms with E-state index >= 15 is 0 Å². The molecule has 4 rings (SSSR count). The van der Waals surface area contributed by atoms with Gasteiger partial charge in [-0.2, -0.15) is 5.06 Å². The van der Waals surface area contributed by atoms with Crippen molar-refractivity contribution in [1.82, 2.24) is 5.06 Å². The first-order valence-corrected chi connectivity index (χ1v) is 11.8. The molecule has 1 atom stereocenters. The average Bonchev–Trinajstić information content (AvgIpc) is 2.84. The zero-order valence-electron chi connectivity index (χ0n) is 18.7. The number of anilines is 1. The molecule has 34 heavy (non-hydrogen) atoms. The maximum absolute atomic E-state index is 13.2. The second kappa shape index (κ2) is 10.0. The van der Waals surface area contributed by atoms with E-state index in [1.807, 2.05) is 24.3 Å². The predicted molar refractivity (Wildman–Crippen MR) is 127 cm³/mol. The maximum Gasteiger partial charge on any atom is 0.335 e. The lowest BCUT2D eigenvalue weighted by Gasteiger charge is -2.44. The number of hydrogen-bond donors (Lipinski definition) is 3. The number of carboxylic acid groups (broad SMARTS) is 1. The van der Waals surface area contributed by atoms with E-state index < -0.39 is 17.9 Å². The van der Waals surface area contributed by atoms with Crippen LogP contribution < -0.4 is 11.1 Å². The number of benzene rings is 2. The van der Waals surface area contributed by atoms with Crippen LogP contribution in [0.3, 0.4) is 0 Å². The van der Waals surface area contributed by atoms with Gasteiger partial charge in [-0.15, -0.1) is 0 Å². The van der Waals surface area contributed by atoms with Gasteiger partial charge >= 0.3 is 11.9 Å². The molecule has 1 saturated carbocycles. The Hall–Kier alpha value is -3.10. The molecule has 1 heterocycles. The summed E-state index contributed by atoms with van der Waals surface area (Å²) >= 11 is 6.20. The number of nitrogens with two attached hydrogens (primary N) is 1. The molecule has 180 valence electrons. The van der Waals surface area contributed by atoms with Crippen LogP contribution in [-0.4, -0.2) is 47.1 Å². The third kappa shape index (κ3) is 5.03. The number of nitrogens with zero attached hydrogens (tertiary/aromatic N) is 1. The molecule has 1 aliphatic heterocycles. The molecule has 0 spiro atoms. The van der Waals surface area contributed by atoms with Crippen LogP contribution in [0.1, 0.15) is 48.0 Å². The SMILES string of the molecule is NCC1(c2cccc(Cl)c2)CCC(N2OC(=O)CC(CNc3cccc(C(=O)O)c3)C2=O)CC1. The van der Waals surface area contributed by atoms with Crippen molar-refractivity contribution < 1.29 is 24.3 Å². The van der Waals surface area contributed by atoms with Crippen molar-refractivity contribution in [1.29, 1.82) is 0 Å². The molecule has 0 aromatic heterocycles. The molecule has 9 heteroatoms. The van der Waals surface area contributed by atoms with E-state index in [0.717, 1.165) is 18.4 Å². The largest absolute Gasteiger partial charge is 0.478 e. The summed E-state index contributed by atoms with van der Waals surface area (Å²) < 4.78 is 0. The zero-order chi connectivity index (χ0) is 24.3. The molecule has 2 aromatic rings. The summed E-state index contributed by atoms with van der Waals surface area (Å²) in [6.45, 7) is 0.672. The molecule has 2 aliphatic rings. The minimum absolute atomic E-state index is 0.0249. The predicted octanol–water partition coefficient (Wildman–Crippen LogP) is 3.60. The molecule has 2 aromatic carbocycles. The van der Waals surface area contributed by atoms with Gasteiger partial charge < -0.3 is 21.0 Å². The molecule has 1 aliphatic carbocycles. The second-order valence-electron chi connectivity index (χ2n) is 9.02. The van der Waals surface area contributed by atoms with E-state index in [-0.39, 0.29) is 35.9 Å². The number of rotatable bonds is 7. The summed E-state index contributed by atoms with van der Waals surface area (Å²) in [7, 11) is 0. The van der Waals surface area contributed by atoms with E-state index in [2.05, 4.69) is 5.32 Å². The topological polar surface area (TPSA) is 122 Å². The summed E-state index contributed by atoms with van der Waals surface area (Å²) in [4.78, 5) is 42.1. The lowest BCUT2D eigenvalue weighted by Crippen LogP contribution is -2.53.